The summed E-state index contributed by atoms with van der Waals surface area (Å²) in [6, 6.07) is 18.7. The van der Waals surface area contributed by atoms with Crippen molar-refractivity contribution in [2.24, 2.45) is 0 Å². The lowest BCUT2D eigenvalue weighted by Crippen LogP contribution is -2.50. The standard InChI is InChI=1S/C26H27Cl2N3O4S/c1-18-15-22(28)13-14-24(18)31(36(34,35)23-7-5-4-6-8-23)17-25(32)30(19(2)26(33)29-3)16-20-9-11-21(27)12-10-20/h4-15,19H,16-17H2,1-3H3,(H,29,33). The summed E-state index contributed by atoms with van der Waals surface area (Å²) in [5.41, 5.74) is 1.64. The van der Waals surface area contributed by atoms with Crippen molar-refractivity contribution in [1.29, 1.82) is 0 Å². The third-order valence-corrected chi connectivity index (χ3v) is 7.98. The molecule has 3 aromatic rings. The number of hydrogen-bond donors (Lipinski definition) is 1. The van der Waals surface area contributed by atoms with Crippen molar-refractivity contribution in [3.8, 4) is 0 Å². The van der Waals surface area contributed by atoms with Crippen molar-refractivity contribution in [2.75, 3.05) is 17.9 Å². The van der Waals surface area contributed by atoms with Crippen LogP contribution in [0, 0.1) is 6.92 Å². The predicted octanol–water partition coefficient (Wildman–Crippen LogP) is 4.66. The third kappa shape index (κ3) is 6.37. The van der Waals surface area contributed by atoms with Crippen LogP contribution in [-0.4, -0.2) is 44.8 Å². The Labute approximate surface area is 221 Å². The van der Waals surface area contributed by atoms with Gasteiger partial charge in [0.25, 0.3) is 10.0 Å². The molecule has 0 aliphatic rings. The van der Waals surface area contributed by atoms with Gasteiger partial charge in [-0.05, 0) is 67.4 Å². The Bertz CT molecular complexity index is 1330. The first-order valence-corrected chi connectivity index (χ1v) is 13.3. The normalized spacial score (nSPS) is 12.0. The number of halogens is 2. The molecule has 0 aliphatic carbocycles. The Morgan fingerprint density at radius 2 is 1.56 bits per heavy atom. The lowest BCUT2D eigenvalue weighted by atomic mass is 10.1. The highest BCUT2D eigenvalue weighted by atomic mass is 35.5. The second-order valence-electron chi connectivity index (χ2n) is 8.19. The number of benzene rings is 3. The molecule has 0 radical (unpaired) electrons. The number of likely N-dealkylation sites (N-methyl/N-ethyl adjacent to an activating group) is 1. The van der Waals surface area contributed by atoms with Crippen molar-refractivity contribution in [2.45, 2.75) is 31.3 Å². The summed E-state index contributed by atoms with van der Waals surface area (Å²) in [5, 5.41) is 3.53. The van der Waals surface area contributed by atoms with Gasteiger partial charge in [-0.1, -0.05) is 53.5 Å². The molecule has 0 heterocycles. The van der Waals surface area contributed by atoms with Gasteiger partial charge in [0.15, 0.2) is 0 Å². The maximum absolute atomic E-state index is 13.7. The van der Waals surface area contributed by atoms with Gasteiger partial charge in [-0.3, -0.25) is 13.9 Å². The second kappa shape index (κ2) is 11.8. The number of aryl methyl sites for hydroxylation is 1. The summed E-state index contributed by atoms with van der Waals surface area (Å²) in [7, 11) is -2.64. The van der Waals surface area contributed by atoms with Gasteiger partial charge < -0.3 is 10.2 Å². The van der Waals surface area contributed by atoms with Gasteiger partial charge in [0.2, 0.25) is 11.8 Å². The molecule has 0 bridgehead atoms. The van der Waals surface area contributed by atoms with Gasteiger partial charge in [0, 0.05) is 23.6 Å². The molecule has 36 heavy (non-hydrogen) atoms. The van der Waals surface area contributed by atoms with Crippen LogP contribution < -0.4 is 9.62 Å². The molecule has 3 rings (SSSR count). The fourth-order valence-corrected chi connectivity index (χ4v) is 5.56. The van der Waals surface area contributed by atoms with Crippen LogP contribution in [0.25, 0.3) is 0 Å². The third-order valence-electron chi connectivity index (χ3n) is 5.72. The van der Waals surface area contributed by atoms with Crippen molar-refractivity contribution in [3.63, 3.8) is 0 Å². The first-order chi connectivity index (χ1) is 17.0. The first kappa shape index (κ1) is 27.5. The molecule has 0 aromatic heterocycles. The molecule has 0 saturated carbocycles. The maximum atomic E-state index is 13.7. The Hall–Kier alpha value is -3.07. The van der Waals surface area contributed by atoms with E-state index in [0.29, 0.717) is 21.3 Å². The van der Waals surface area contributed by atoms with Gasteiger partial charge in [0.05, 0.1) is 10.6 Å². The number of hydrogen-bond acceptors (Lipinski definition) is 4. The fourth-order valence-electron chi connectivity index (χ4n) is 3.71. The Morgan fingerprint density at radius 1 is 0.944 bits per heavy atom. The molecular weight excluding hydrogens is 521 g/mol. The molecule has 3 aromatic carbocycles. The van der Waals surface area contributed by atoms with E-state index in [1.54, 1.807) is 74.5 Å². The van der Waals surface area contributed by atoms with Crippen LogP contribution in [0.4, 0.5) is 5.69 Å². The highest BCUT2D eigenvalue weighted by Gasteiger charge is 2.32. The van der Waals surface area contributed by atoms with E-state index in [9.17, 15) is 18.0 Å². The molecule has 7 nitrogen and oxygen atoms in total. The van der Waals surface area contributed by atoms with Gasteiger partial charge in [-0.2, -0.15) is 0 Å². The molecule has 0 spiro atoms. The molecule has 10 heteroatoms. The van der Waals surface area contributed by atoms with Crippen LogP contribution in [0.15, 0.2) is 77.7 Å². The maximum Gasteiger partial charge on any atom is 0.264 e. The average Bonchev–Trinajstić information content (AvgIpc) is 2.86. The quantitative estimate of drug-likeness (QED) is 0.422. The second-order valence-corrected chi connectivity index (χ2v) is 10.9. The molecule has 1 N–H and O–H groups in total. The first-order valence-electron chi connectivity index (χ1n) is 11.1. The van der Waals surface area contributed by atoms with Crippen LogP contribution >= 0.6 is 23.2 Å². The smallest absolute Gasteiger partial charge is 0.264 e. The number of nitrogens with zero attached hydrogens (tertiary/aromatic N) is 2. The van der Waals surface area contributed by atoms with E-state index in [4.69, 9.17) is 23.2 Å². The Balaban J connectivity index is 2.05. The number of rotatable bonds is 9. The van der Waals surface area contributed by atoms with Crippen LogP contribution in [-0.2, 0) is 26.2 Å². The summed E-state index contributed by atoms with van der Waals surface area (Å²) >= 11 is 12.1. The highest BCUT2D eigenvalue weighted by Crippen LogP contribution is 2.29. The van der Waals surface area contributed by atoms with E-state index in [2.05, 4.69) is 5.32 Å². The number of amides is 2. The zero-order chi connectivity index (χ0) is 26.5. The lowest BCUT2D eigenvalue weighted by Gasteiger charge is -2.32. The minimum absolute atomic E-state index is 0.0377. The topological polar surface area (TPSA) is 86.8 Å². The number of carbonyl (C=O) groups excluding carboxylic acids is 2. The molecule has 0 fully saturated rings. The minimum atomic E-state index is -4.12. The summed E-state index contributed by atoms with van der Waals surface area (Å²) in [4.78, 5) is 27.6. The van der Waals surface area contributed by atoms with Gasteiger partial charge in [0.1, 0.15) is 12.6 Å². The summed E-state index contributed by atoms with van der Waals surface area (Å²) in [5.74, 6) is -0.924. The Morgan fingerprint density at radius 3 is 2.14 bits per heavy atom. The summed E-state index contributed by atoms with van der Waals surface area (Å²) < 4.78 is 28.5. The number of carbonyl (C=O) groups is 2. The minimum Gasteiger partial charge on any atom is -0.357 e. The van der Waals surface area contributed by atoms with E-state index >= 15 is 0 Å². The molecular formula is C26H27Cl2N3O4S. The van der Waals surface area contributed by atoms with E-state index in [1.807, 2.05) is 0 Å². The Kier molecular flexibility index (Phi) is 9.00. The van der Waals surface area contributed by atoms with E-state index in [0.717, 1.165) is 9.87 Å². The fraction of sp³-hybridized carbons (Fsp3) is 0.231. The van der Waals surface area contributed by atoms with Gasteiger partial charge in [-0.15, -0.1) is 0 Å². The predicted molar refractivity (Wildman–Crippen MR) is 143 cm³/mol. The van der Waals surface area contributed by atoms with Gasteiger partial charge in [-0.25, -0.2) is 8.42 Å². The van der Waals surface area contributed by atoms with Crippen LogP contribution in [0.5, 0.6) is 0 Å². The lowest BCUT2D eigenvalue weighted by molar-refractivity contribution is -0.139. The molecule has 0 aliphatic heterocycles. The highest BCUT2D eigenvalue weighted by molar-refractivity contribution is 7.92. The summed E-state index contributed by atoms with van der Waals surface area (Å²) in [6.45, 7) is 2.88. The van der Waals surface area contributed by atoms with Crippen LogP contribution in [0.3, 0.4) is 0 Å². The van der Waals surface area contributed by atoms with Gasteiger partial charge >= 0.3 is 0 Å². The monoisotopic (exact) mass is 547 g/mol. The van der Waals surface area contributed by atoms with Crippen LogP contribution in [0.2, 0.25) is 10.0 Å². The number of sulfonamides is 1. The molecule has 1 unspecified atom stereocenters. The van der Waals surface area contributed by atoms with Crippen molar-refractivity contribution in [3.05, 3.63) is 94.0 Å². The SMILES string of the molecule is CNC(=O)C(C)N(Cc1ccc(Cl)cc1)C(=O)CN(c1ccc(Cl)cc1C)S(=O)(=O)c1ccccc1. The van der Waals surface area contributed by atoms with Crippen molar-refractivity contribution in [1.82, 2.24) is 10.2 Å². The van der Waals surface area contributed by atoms with Crippen molar-refractivity contribution < 1.29 is 18.0 Å². The van der Waals surface area contributed by atoms with E-state index < -0.39 is 28.5 Å². The molecule has 2 amide bonds. The van der Waals surface area contributed by atoms with Crippen LogP contribution in [0.1, 0.15) is 18.1 Å². The number of nitrogens with one attached hydrogen (secondary N) is 1. The van der Waals surface area contributed by atoms with E-state index in [-0.39, 0.29) is 17.3 Å². The number of anilines is 1. The van der Waals surface area contributed by atoms with E-state index in [1.165, 1.54) is 24.1 Å². The average molecular weight is 548 g/mol. The molecule has 0 saturated heterocycles. The zero-order valence-electron chi connectivity index (χ0n) is 20.1. The molecule has 190 valence electrons. The zero-order valence-corrected chi connectivity index (χ0v) is 22.4. The molecule has 1 atom stereocenters. The summed E-state index contributed by atoms with van der Waals surface area (Å²) in [6.07, 6.45) is 0. The largest absolute Gasteiger partial charge is 0.357 e. The van der Waals surface area contributed by atoms with Crippen molar-refractivity contribution >= 4 is 50.7 Å².